The molecule has 0 atom stereocenters. The van der Waals surface area contributed by atoms with E-state index in [9.17, 15) is 28.1 Å². The van der Waals surface area contributed by atoms with Crippen LogP contribution in [0.25, 0.3) is 0 Å². The number of nitrogens with zero attached hydrogens (tertiary/aromatic N) is 2. The molecule has 6 nitrogen and oxygen atoms in total. The minimum atomic E-state index is -4.84. The minimum absolute atomic E-state index is 0.394. The average Bonchev–Trinajstić information content (AvgIpc) is 3.02. The summed E-state index contributed by atoms with van der Waals surface area (Å²) in [5, 5.41) is 10.7. The maximum atomic E-state index is 13.1. The Hall–Kier alpha value is -3.10. The fourth-order valence-electron chi connectivity index (χ4n) is 2.79. The highest BCUT2D eigenvalue weighted by Gasteiger charge is 2.36. The van der Waals surface area contributed by atoms with Crippen molar-refractivity contribution in [3.63, 3.8) is 0 Å². The third-order valence-electron chi connectivity index (χ3n) is 4.02. The van der Waals surface area contributed by atoms with Gasteiger partial charge in [-0.25, -0.2) is 0 Å². The molecule has 2 aromatic carbocycles. The van der Waals surface area contributed by atoms with Crippen LogP contribution in [0.1, 0.15) is 11.1 Å². The minimum Gasteiger partial charge on any atom is -0.483 e. The molecule has 0 fully saturated rings. The number of carbonyl (C=O) groups is 1. The lowest BCUT2D eigenvalue weighted by Crippen LogP contribution is -2.33. The van der Waals surface area contributed by atoms with Crippen molar-refractivity contribution in [1.82, 2.24) is 0 Å². The summed E-state index contributed by atoms with van der Waals surface area (Å²) in [6.45, 7) is -0.177. The van der Waals surface area contributed by atoms with Crippen molar-refractivity contribution >= 4 is 17.3 Å². The van der Waals surface area contributed by atoms with Gasteiger partial charge in [-0.15, -0.1) is 0 Å². The summed E-state index contributed by atoms with van der Waals surface area (Å²) in [6, 6.07) is 9.39. The van der Waals surface area contributed by atoms with Gasteiger partial charge in [-0.05, 0) is 24.1 Å². The molecule has 1 aliphatic heterocycles. The number of nitro benzene ring substituents is 1. The van der Waals surface area contributed by atoms with E-state index in [4.69, 9.17) is 4.74 Å². The third-order valence-corrected chi connectivity index (χ3v) is 4.02. The molecule has 0 aromatic heterocycles. The van der Waals surface area contributed by atoms with Crippen LogP contribution in [0.4, 0.5) is 24.5 Å². The van der Waals surface area contributed by atoms with E-state index in [-0.39, 0.29) is 0 Å². The van der Waals surface area contributed by atoms with Crippen molar-refractivity contribution in [2.75, 3.05) is 18.1 Å². The zero-order valence-corrected chi connectivity index (χ0v) is 13.3. The number of anilines is 1. The second-order valence-corrected chi connectivity index (χ2v) is 5.65. The SMILES string of the molecule is O=C(COc1ccc([N+](=O)[O-])cc1C(F)(F)F)N1CCc2ccccc21. The van der Waals surface area contributed by atoms with E-state index in [1.807, 2.05) is 12.1 Å². The monoisotopic (exact) mass is 366 g/mol. The Balaban J connectivity index is 1.78. The van der Waals surface area contributed by atoms with Crippen molar-refractivity contribution in [2.24, 2.45) is 0 Å². The first kappa shape index (κ1) is 17.7. The number of ether oxygens (including phenoxy) is 1. The molecule has 26 heavy (non-hydrogen) atoms. The quantitative estimate of drug-likeness (QED) is 0.612. The van der Waals surface area contributed by atoms with E-state index >= 15 is 0 Å². The van der Waals surface area contributed by atoms with E-state index in [2.05, 4.69) is 0 Å². The predicted molar refractivity (Wildman–Crippen MR) is 86.1 cm³/mol. The molecular weight excluding hydrogens is 353 g/mol. The molecule has 2 aromatic rings. The van der Waals surface area contributed by atoms with Crippen LogP contribution < -0.4 is 9.64 Å². The summed E-state index contributed by atoms with van der Waals surface area (Å²) in [5.74, 6) is -1.11. The molecule has 0 bridgehead atoms. The van der Waals surface area contributed by atoms with Crippen molar-refractivity contribution in [2.45, 2.75) is 12.6 Å². The first-order valence-electron chi connectivity index (χ1n) is 7.64. The number of para-hydroxylation sites is 1. The van der Waals surface area contributed by atoms with E-state index in [1.165, 1.54) is 4.90 Å². The first-order chi connectivity index (χ1) is 12.3. The van der Waals surface area contributed by atoms with Gasteiger partial charge in [0.25, 0.3) is 11.6 Å². The first-order valence-corrected chi connectivity index (χ1v) is 7.64. The van der Waals surface area contributed by atoms with Crippen molar-refractivity contribution < 1.29 is 27.6 Å². The van der Waals surface area contributed by atoms with Gasteiger partial charge in [-0.3, -0.25) is 14.9 Å². The smallest absolute Gasteiger partial charge is 0.420 e. The molecule has 0 aliphatic carbocycles. The van der Waals surface area contributed by atoms with Crippen LogP contribution in [-0.2, 0) is 17.4 Å². The van der Waals surface area contributed by atoms with Gasteiger partial charge in [-0.2, -0.15) is 13.2 Å². The van der Waals surface area contributed by atoms with Crippen molar-refractivity contribution in [3.05, 3.63) is 63.7 Å². The molecule has 1 amide bonds. The summed E-state index contributed by atoms with van der Waals surface area (Å²) in [7, 11) is 0. The third kappa shape index (κ3) is 3.46. The van der Waals surface area contributed by atoms with E-state index in [1.54, 1.807) is 12.1 Å². The Kier molecular flexibility index (Phi) is 4.54. The highest BCUT2D eigenvalue weighted by molar-refractivity contribution is 5.96. The van der Waals surface area contributed by atoms with Crippen molar-refractivity contribution in [1.29, 1.82) is 0 Å². The number of benzene rings is 2. The number of alkyl halides is 3. The standard InChI is InChI=1S/C17H13F3N2O4/c18-17(19,20)13-9-12(22(24)25)5-6-15(13)26-10-16(23)21-8-7-11-3-1-2-4-14(11)21/h1-6,9H,7-8,10H2. The van der Waals surface area contributed by atoms with Crippen LogP contribution in [0, 0.1) is 10.1 Å². The molecule has 0 radical (unpaired) electrons. The van der Waals surface area contributed by atoms with Gasteiger partial charge in [0.1, 0.15) is 11.3 Å². The Morgan fingerprint density at radius 3 is 2.65 bits per heavy atom. The van der Waals surface area contributed by atoms with Crippen LogP contribution in [0.2, 0.25) is 0 Å². The van der Waals surface area contributed by atoms with E-state index < -0.39 is 40.6 Å². The lowest BCUT2D eigenvalue weighted by atomic mass is 10.1. The fraction of sp³-hybridized carbons (Fsp3) is 0.235. The lowest BCUT2D eigenvalue weighted by molar-refractivity contribution is -0.385. The Labute approximate surface area is 145 Å². The Bertz CT molecular complexity index is 867. The normalized spacial score (nSPS) is 13.4. The van der Waals surface area contributed by atoms with Crippen LogP contribution in [0.5, 0.6) is 5.75 Å². The van der Waals surface area contributed by atoms with E-state index in [0.29, 0.717) is 24.7 Å². The fourth-order valence-corrected chi connectivity index (χ4v) is 2.79. The summed E-state index contributed by atoms with van der Waals surface area (Å²) >= 11 is 0. The van der Waals surface area contributed by atoms with Crippen LogP contribution in [0.3, 0.4) is 0 Å². The van der Waals surface area contributed by atoms with Crippen LogP contribution in [0.15, 0.2) is 42.5 Å². The molecule has 1 heterocycles. The number of hydrogen-bond acceptors (Lipinski definition) is 4. The Morgan fingerprint density at radius 2 is 1.96 bits per heavy atom. The zero-order valence-electron chi connectivity index (χ0n) is 13.3. The average molecular weight is 366 g/mol. The number of amides is 1. The summed E-state index contributed by atoms with van der Waals surface area (Å²) in [6.07, 6.45) is -4.18. The van der Waals surface area contributed by atoms with Gasteiger partial charge in [0.15, 0.2) is 6.61 Å². The molecule has 0 unspecified atom stereocenters. The van der Waals surface area contributed by atoms with Crippen molar-refractivity contribution in [3.8, 4) is 5.75 Å². The summed E-state index contributed by atoms with van der Waals surface area (Å²) in [5.41, 5.74) is -0.307. The number of rotatable bonds is 4. The van der Waals surface area contributed by atoms with Gasteiger partial charge in [-0.1, -0.05) is 18.2 Å². The number of non-ortho nitro benzene ring substituents is 1. The summed E-state index contributed by atoms with van der Waals surface area (Å²) in [4.78, 5) is 23.5. The Morgan fingerprint density at radius 1 is 1.23 bits per heavy atom. The molecular formula is C17H13F3N2O4. The summed E-state index contributed by atoms with van der Waals surface area (Å²) < 4.78 is 44.4. The van der Waals surface area contributed by atoms with Gasteiger partial charge in [0.2, 0.25) is 0 Å². The molecule has 136 valence electrons. The number of halogens is 3. The van der Waals surface area contributed by atoms with Gasteiger partial charge < -0.3 is 9.64 Å². The highest BCUT2D eigenvalue weighted by atomic mass is 19.4. The maximum absolute atomic E-state index is 13.1. The second kappa shape index (κ2) is 6.66. The predicted octanol–water partition coefficient (Wildman–Crippen LogP) is 3.58. The number of hydrogen-bond donors (Lipinski definition) is 0. The van der Waals surface area contributed by atoms with E-state index in [0.717, 1.165) is 17.7 Å². The molecule has 9 heteroatoms. The lowest BCUT2D eigenvalue weighted by Gasteiger charge is -2.19. The molecule has 3 rings (SSSR count). The maximum Gasteiger partial charge on any atom is 0.420 e. The zero-order chi connectivity index (χ0) is 18.9. The molecule has 1 aliphatic rings. The molecule has 0 spiro atoms. The van der Waals surface area contributed by atoms with Crippen LogP contribution >= 0.6 is 0 Å². The molecule has 0 N–H and O–H groups in total. The van der Waals surface area contributed by atoms with Gasteiger partial charge in [0.05, 0.1) is 4.92 Å². The number of carbonyl (C=O) groups excluding carboxylic acids is 1. The van der Waals surface area contributed by atoms with Gasteiger partial charge in [0, 0.05) is 24.4 Å². The molecule has 0 saturated heterocycles. The number of nitro groups is 1. The highest BCUT2D eigenvalue weighted by Crippen LogP contribution is 2.38. The van der Waals surface area contributed by atoms with Gasteiger partial charge >= 0.3 is 6.18 Å². The molecule has 0 saturated carbocycles. The second-order valence-electron chi connectivity index (χ2n) is 5.65. The topological polar surface area (TPSA) is 72.7 Å². The number of fused-ring (bicyclic) bond motifs is 1. The van der Waals surface area contributed by atoms with Crippen LogP contribution in [-0.4, -0.2) is 24.0 Å². The largest absolute Gasteiger partial charge is 0.483 e.